The van der Waals surface area contributed by atoms with E-state index >= 15 is 0 Å². The molecule has 2 aromatic rings. The zero-order chi connectivity index (χ0) is 11.4. The van der Waals surface area contributed by atoms with Crippen LogP contribution in [0.25, 0.3) is 12.2 Å². The Labute approximate surface area is 97.5 Å². The molecule has 0 fully saturated rings. The molecular formula is C13H10O2S. The molecule has 2 nitrogen and oxygen atoms in total. The van der Waals surface area contributed by atoms with Crippen molar-refractivity contribution in [1.29, 1.82) is 0 Å². The second kappa shape index (κ2) is 4.77. The monoisotopic (exact) mass is 230 g/mol. The molecule has 0 saturated heterocycles. The van der Waals surface area contributed by atoms with Gasteiger partial charge in [-0.1, -0.05) is 42.5 Å². The summed E-state index contributed by atoms with van der Waals surface area (Å²) in [6.45, 7) is 0. The predicted molar refractivity (Wildman–Crippen MR) is 66.6 cm³/mol. The Balaban J connectivity index is 2.15. The molecule has 0 atom stereocenters. The molecule has 0 unspecified atom stereocenters. The van der Waals surface area contributed by atoms with Gasteiger partial charge in [0.2, 0.25) is 0 Å². The van der Waals surface area contributed by atoms with E-state index in [1.165, 1.54) is 11.3 Å². The van der Waals surface area contributed by atoms with Gasteiger partial charge in [0.1, 0.15) is 4.88 Å². The number of rotatable bonds is 3. The third-order valence-electron chi connectivity index (χ3n) is 2.10. The highest BCUT2D eigenvalue weighted by atomic mass is 32.1. The van der Waals surface area contributed by atoms with Gasteiger partial charge < -0.3 is 5.11 Å². The average Bonchev–Trinajstić information content (AvgIpc) is 2.76. The van der Waals surface area contributed by atoms with Crippen LogP contribution in [-0.4, -0.2) is 11.1 Å². The van der Waals surface area contributed by atoms with E-state index in [-0.39, 0.29) is 0 Å². The van der Waals surface area contributed by atoms with Crippen LogP contribution in [-0.2, 0) is 0 Å². The number of hydrogen-bond acceptors (Lipinski definition) is 2. The molecule has 0 aliphatic rings. The quantitative estimate of drug-likeness (QED) is 0.874. The predicted octanol–water partition coefficient (Wildman–Crippen LogP) is 3.62. The summed E-state index contributed by atoms with van der Waals surface area (Å²) < 4.78 is 0. The first-order valence-electron chi connectivity index (χ1n) is 4.80. The largest absolute Gasteiger partial charge is 0.477 e. The fraction of sp³-hybridized carbons (Fsp3) is 0. The van der Waals surface area contributed by atoms with Crippen LogP contribution in [0.4, 0.5) is 0 Å². The summed E-state index contributed by atoms with van der Waals surface area (Å²) in [4.78, 5) is 11.0. The zero-order valence-electron chi connectivity index (χ0n) is 8.46. The number of carboxylic acid groups (broad SMARTS) is 1. The lowest BCUT2D eigenvalue weighted by atomic mass is 10.2. The molecular weight excluding hydrogens is 220 g/mol. The highest BCUT2D eigenvalue weighted by molar-refractivity contribution is 7.12. The van der Waals surface area contributed by atoms with E-state index in [4.69, 9.17) is 5.11 Å². The Morgan fingerprint density at radius 1 is 1.12 bits per heavy atom. The van der Waals surface area contributed by atoms with Gasteiger partial charge in [-0.15, -0.1) is 11.3 Å². The van der Waals surface area contributed by atoms with Gasteiger partial charge >= 0.3 is 5.97 Å². The molecule has 16 heavy (non-hydrogen) atoms. The molecule has 0 aliphatic heterocycles. The number of benzene rings is 1. The Kier molecular flexibility index (Phi) is 3.17. The van der Waals surface area contributed by atoms with Gasteiger partial charge in [-0.05, 0) is 22.6 Å². The summed E-state index contributed by atoms with van der Waals surface area (Å²) in [5, 5.41) is 10.6. The van der Waals surface area contributed by atoms with Crippen molar-refractivity contribution in [2.75, 3.05) is 0 Å². The third-order valence-corrected chi connectivity index (χ3v) is 3.03. The minimum atomic E-state index is -0.871. The summed E-state index contributed by atoms with van der Waals surface area (Å²) in [5.41, 5.74) is 2.02. The Hall–Kier alpha value is -1.87. The molecule has 0 amide bonds. The van der Waals surface area contributed by atoms with Crippen LogP contribution in [0.3, 0.4) is 0 Å². The van der Waals surface area contributed by atoms with E-state index in [2.05, 4.69) is 0 Å². The minimum Gasteiger partial charge on any atom is -0.477 e. The van der Waals surface area contributed by atoms with E-state index in [1.807, 2.05) is 47.9 Å². The molecule has 1 aromatic heterocycles. The van der Waals surface area contributed by atoms with Crippen molar-refractivity contribution in [3.63, 3.8) is 0 Å². The number of aromatic carboxylic acids is 1. The summed E-state index contributed by atoms with van der Waals surface area (Å²) in [6.07, 6.45) is 3.88. The number of thiophene rings is 1. The van der Waals surface area contributed by atoms with Crippen molar-refractivity contribution in [1.82, 2.24) is 0 Å². The smallest absolute Gasteiger partial charge is 0.345 e. The fourth-order valence-electron chi connectivity index (χ4n) is 1.31. The highest BCUT2D eigenvalue weighted by Crippen LogP contribution is 2.17. The maximum atomic E-state index is 10.7. The van der Waals surface area contributed by atoms with Crippen LogP contribution in [0.2, 0.25) is 0 Å². The molecule has 0 aliphatic carbocycles. The number of carboxylic acids is 1. The lowest BCUT2D eigenvalue weighted by molar-refractivity contribution is 0.0702. The van der Waals surface area contributed by atoms with Crippen LogP contribution >= 0.6 is 11.3 Å². The number of hydrogen-bond donors (Lipinski definition) is 1. The van der Waals surface area contributed by atoms with Crippen molar-refractivity contribution >= 4 is 29.5 Å². The molecule has 2 rings (SSSR count). The maximum absolute atomic E-state index is 10.7. The first-order valence-corrected chi connectivity index (χ1v) is 5.68. The van der Waals surface area contributed by atoms with Crippen LogP contribution in [0, 0.1) is 0 Å². The standard InChI is InChI=1S/C13H10O2S/c14-13(15)12-8-11(9-16-12)7-6-10-4-2-1-3-5-10/h1-9H,(H,14,15). The number of carbonyl (C=O) groups is 1. The Morgan fingerprint density at radius 2 is 1.81 bits per heavy atom. The van der Waals surface area contributed by atoms with Crippen molar-refractivity contribution in [3.05, 3.63) is 57.8 Å². The van der Waals surface area contributed by atoms with E-state index in [0.29, 0.717) is 4.88 Å². The Bertz CT molecular complexity index is 512. The van der Waals surface area contributed by atoms with E-state index < -0.39 is 5.97 Å². The first kappa shape index (κ1) is 10.6. The molecule has 0 saturated carbocycles. The van der Waals surface area contributed by atoms with Crippen molar-refractivity contribution in [2.45, 2.75) is 0 Å². The maximum Gasteiger partial charge on any atom is 0.345 e. The minimum absolute atomic E-state index is 0.368. The van der Waals surface area contributed by atoms with Gasteiger partial charge in [-0.25, -0.2) is 4.79 Å². The molecule has 1 aromatic carbocycles. The van der Waals surface area contributed by atoms with E-state index in [0.717, 1.165) is 11.1 Å². The van der Waals surface area contributed by atoms with Gasteiger partial charge in [0.05, 0.1) is 0 Å². The van der Waals surface area contributed by atoms with Crippen LogP contribution < -0.4 is 0 Å². The normalized spacial score (nSPS) is 10.8. The SMILES string of the molecule is O=C(O)c1cc(C=Cc2ccccc2)cs1. The molecule has 0 radical (unpaired) electrons. The van der Waals surface area contributed by atoms with Crippen LogP contribution in [0.5, 0.6) is 0 Å². The molecule has 1 N–H and O–H groups in total. The van der Waals surface area contributed by atoms with Crippen molar-refractivity contribution < 1.29 is 9.90 Å². The lowest BCUT2D eigenvalue weighted by Gasteiger charge is -1.89. The van der Waals surface area contributed by atoms with Gasteiger partial charge in [0, 0.05) is 0 Å². The van der Waals surface area contributed by atoms with Crippen LogP contribution in [0.1, 0.15) is 20.8 Å². The average molecular weight is 230 g/mol. The molecule has 0 spiro atoms. The first-order chi connectivity index (χ1) is 7.75. The van der Waals surface area contributed by atoms with E-state index in [9.17, 15) is 4.79 Å². The second-order valence-corrected chi connectivity index (χ2v) is 4.20. The van der Waals surface area contributed by atoms with Crippen LogP contribution in [0.15, 0.2) is 41.8 Å². The molecule has 80 valence electrons. The summed E-state index contributed by atoms with van der Waals surface area (Å²) in [7, 11) is 0. The molecule has 1 heterocycles. The summed E-state index contributed by atoms with van der Waals surface area (Å²) in [5.74, 6) is -0.871. The van der Waals surface area contributed by atoms with Gasteiger partial charge in [0.25, 0.3) is 0 Å². The zero-order valence-corrected chi connectivity index (χ0v) is 9.28. The third kappa shape index (κ3) is 2.58. The van der Waals surface area contributed by atoms with Crippen molar-refractivity contribution in [3.8, 4) is 0 Å². The Morgan fingerprint density at radius 3 is 2.44 bits per heavy atom. The van der Waals surface area contributed by atoms with Gasteiger partial charge in [-0.2, -0.15) is 0 Å². The topological polar surface area (TPSA) is 37.3 Å². The van der Waals surface area contributed by atoms with E-state index in [1.54, 1.807) is 6.07 Å². The van der Waals surface area contributed by atoms with Crippen molar-refractivity contribution in [2.24, 2.45) is 0 Å². The fourth-order valence-corrected chi connectivity index (χ4v) is 2.02. The van der Waals surface area contributed by atoms with Gasteiger partial charge in [-0.3, -0.25) is 0 Å². The summed E-state index contributed by atoms with van der Waals surface area (Å²) in [6, 6.07) is 11.6. The van der Waals surface area contributed by atoms with Gasteiger partial charge in [0.15, 0.2) is 0 Å². The highest BCUT2D eigenvalue weighted by Gasteiger charge is 2.04. The molecule has 3 heteroatoms. The molecule has 0 bridgehead atoms. The lowest BCUT2D eigenvalue weighted by Crippen LogP contribution is -1.89. The summed E-state index contributed by atoms with van der Waals surface area (Å²) >= 11 is 1.24. The second-order valence-electron chi connectivity index (χ2n) is 3.29.